The zero-order chi connectivity index (χ0) is 33.4. The number of fused-ring (bicyclic) bond motifs is 7. The molecule has 5 fully saturated rings. The van der Waals surface area contributed by atoms with Crippen LogP contribution in [0.15, 0.2) is 24.3 Å². The number of carboxylic acids is 1. The highest BCUT2D eigenvalue weighted by molar-refractivity contribution is 5.87. The molecule has 0 saturated heterocycles. The van der Waals surface area contributed by atoms with Gasteiger partial charge in [0.1, 0.15) is 0 Å². The zero-order valence-electron chi connectivity index (χ0n) is 30.1. The van der Waals surface area contributed by atoms with Crippen molar-refractivity contribution in [1.82, 2.24) is 10.2 Å². The van der Waals surface area contributed by atoms with Crippen LogP contribution in [-0.2, 0) is 4.79 Å². The van der Waals surface area contributed by atoms with E-state index in [2.05, 4.69) is 78.0 Å². The highest BCUT2D eigenvalue weighted by atomic mass is 16.4. The Bertz CT molecular complexity index is 1320. The fraction of sp³-hybridized carbons (Fsp3) is 0.800. The minimum absolute atomic E-state index is 0.0604. The number of hydrogen-bond donors (Lipinski definition) is 3. The molecule has 10 atom stereocenters. The second kappa shape index (κ2) is 11.6. The molecule has 0 radical (unpaired) electrons. The smallest absolute Gasteiger partial charge is 0.335 e. The van der Waals surface area contributed by atoms with Crippen LogP contribution in [0.25, 0.3) is 0 Å². The van der Waals surface area contributed by atoms with Gasteiger partial charge in [-0.1, -0.05) is 53.7 Å². The molecule has 1 aromatic carbocycles. The molecule has 6 nitrogen and oxygen atoms in total. The highest BCUT2D eigenvalue weighted by Gasteiger charge is 2.72. The van der Waals surface area contributed by atoms with E-state index >= 15 is 0 Å². The van der Waals surface area contributed by atoms with Gasteiger partial charge < -0.3 is 21.1 Å². The van der Waals surface area contributed by atoms with Crippen LogP contribution in [0.5, 0.6) is 0 Å². The highest BCUT2D eigenvalue weighted by Crippen LogP contribution is 2.75. The van der Waals surface area contributed by atoms with Gasteiger partial charge in [-0.3, -0.25) is 4.79 Å². The van der Waals surface area contributed by atoms with E-state index in [4.69, 9.17) is 5.73 Å². The molecule has 0 spiro atoms. The number of carbonyl (C=O) groups excluding carboxylic acids is 1. The van der Waals surface area contributed by atoms with Gasteiger partial charge in [-0.2, -0.15) is 0 Å². The van der Waals surface area contributed by atoms with Gasteiger partial charge in [0.05, 0.1) is 11.0 Å². The number of nitrogens with one attached hydrogen (secondary N) is 1. The lowest BCUT2D eigenvalue weighted by Gasteiger charge is -2.72. The minimum Gasteiger partial charge on any atom is -0.478 e. The van der Waals surface area contributed by atoms with Crippen molar-refractivity contribution in [2.45, 2.75) is 117 Å². The molecule has 0 unspecified atom stereocenters. The van der Waals surface area contributed by atoms with Crippen molar-refractivity contribution in [2.24, 2.45) is 62.9 Å². The molecule has 5 aliphatic rings. The van der Waals surface area contributed by atoms with E-state index in [9.17, 15) is 14.7 Å². The Hall–Kier alpha value is -1.92. The van der Waals surface area contributed by atoms with Gasteiger partial charge in [-0.05, 0) is 154 Å². The van der Waals surface area contributed by atoms with Gasteiger partial charge in [0.15, 0.2) is 0 Å². The summed E-state index contributed by atoms with van der Waals surface area (Å²) in [4.78, 5) is 27.9. The van der Waals surface area contributed by atoms with Gasteiger partial charge >= 0.3 is 5.97 Å². The van der Waals surface area contributed by atoms with E-state index in [0.29, 0.717) is 59.4 Å². The van der Waals surface area contributed by atoms with Crippen LogP contribution in [0.3, 0.4) is 0 Å². The Morgan fingerprint density at radius 2 is 1.61 bits per heavy atom. The molecule has 4 N–H and O–H groups in total. The molecular formula is C40H63N3O3. The normalized spacial score (nSPS) is 42.9. The first-order valence-corrected chi connectivity index (χ1v) is 18.6. The van der Waals surface area contributed by atoms with Crippen molar-refractivity contribution >= 4 is 11.9 Å². The molecule has 0 heterocycles. The molecule has 0 bridgehead atoms. The predicted molar refractivity (Wildman–Crippen MR) is 186 cm³/mol. The van der Waals surface area contributed by atoms with E-state index in [1.807, 2.05) is 0 Å². The van der Waals surface area contributed by atoms with Crippen molar-refractivity contribution < 1.29 is 14.7 Å². The molecule has 1 aromatic rings. The first-order valence-electron chi connectivity index (χ1n) is 18.6. The number of amides is 1. The second-order valence-electron chi connectivity index (χ2n) is 18.3. The van der Waals surface area contributed by atoms with E-state index in [1.54, 1.807) is 12.1 Å². The van der Waals surface area contributed by atoms with E-state index in [0.717, 1.165) is 45.1 Å². The number of likely N-dealkylation sites (N-methyl/N-ethyl adjacent to an activating group) is 1. The summed E-state index contributed by atoms with van der Waals surface area (Å²) >= 11 is 0. The fourth-order valence-corrected chi connectivity index (χ4v) is 13.5. The summed E-state index contributed by atoms with van der Waals surface area (Å²) in [6.45, 7) is 16.5. The summed E-state index contributed by atoms with van der Waals surface area (Å²) < 4.78 is 0. The molecule has 256 valence electrons. The standard InChI is InChI=1S/C40H63N3O3/c1-25(2)28-15-20-39(35(46)42-23-24-43(7)8)21-22-40(41)30(33(28)39)13-14-32-37(5)18-16-29(26-9-11-27(12-10-26)34(44)45)36(3,4)31(37)17-19-38(32,40)6/h9-12,25,28-33H,13-24,41H2,1-8H3,(H,42,46)(H,44,45)/t28-,29-,30+,31-,32+,33+,37-,38+,39-,40-/m0/s1. The van der Waals surface area contributed by atoms with Gasteiger partial charge in [-0.15, -0.1) is 0 Å². The third-order valence-electron chi connectivity index (χ3n) is 15.7. The molecule has 6 rings (SSSR count). The average molecular weight is 634 g/mol. The number of carboxylic acid groups (broad SMARTS) is 1. The van der Waals surface area contributed by atoms with Crippen molar-refractivity contribution in [3.8, 4) is 0 Å². The molecule has 46 heavy (non-hydrogen) atoms. The number of rotatable bonds is 7. The number of aromatic carboxylic acids is 1. The SMILES string of the molecule is CC(C)[C@@H]1CC[C@]2(C(=O)NCCN(C)C)CC[C@]3(N)[C@H](CC[C@@H]4[C@@]5(C)CC[C@@H](c6ccc(C(=O)O)cc6)C(C)(C)[C@@H]5CC[C@]43C)[C@@H]12. The molecule has 1 amide bonds. The maximum atomic E-state index is 14.2. The first-order chi connectivity index (χ1) is 21.5. The monoisotopic (exact) mass is 633 g/mol. The molecule has 0 aromatic heterocycles. The zero-order valence-corrected chi connectivity index (χ0v) is 30.1. The maximum absolute atomic E-state index is 14.2. The van der Waals surface area contributed by atoms with Crippen molar-refractivity contribution in [3.05, 3.63) is 35.4 Å². The summed E-state index contributed by atoms with van der Waals surface area (Å²) in [5, 5.41) is 12.9. The van der Waals surface area contributed by atoms with Crippen LogP contribution in [0.4, 0.5) is 0 Å². The number of hydrogen-bond acceptors (Lipinski definition) is 4. The first kappa shape index (κ1) is 34.0. The summed E-state index contributed by atoms with van der Waals surface area (Å²) in [6, 6.07) is 7.72. The van der Waals surface area contributed by atoms with Crippen molar-refractivity contribution in [1.29, 1.82) is 0 Å². The number of carbonyl (C=O) groups is 2. The van der Waals surface area contributed by atoms with Crippen LogP contribution in [0.2, 0.25) is 0 Å². The third kappa shape index (κ3) is 4.84. The van der Waals surface area contributed by atoms with E-state index in [-0.39, 0.29) is 27.2 Å². The van der Waals surface area contributed by atoms with Gasteiger partial charge in [0.25, 0.3) is 0 Å². The Morgan fingerprint density at radius 1 is 0.913 bits per heavy atom. The Labute approximate surface area is 279 Å². The minimum atomic E-state index is -0.859. The van der Waals surface area contributed by atoms with Gasteiger partial charge in [0, 0.05) is 18.6 Å². The Morgan fingerprint density at radius 3 is 2.24 bits per heavy atom. The molecule has 0 aliphatic heterocycles. The molecule has 5 aliphatic carbocycles. The Kier molecular flexibility index (Phi) is 8.57. The van der Waals surface area contributed by atoms with Crippen LogP contribution < -0.4 is 11.1 Å². The summed E-state index contributed by atoms with van der Waals surface area (Å²) in [7, 11) is 4.14. The number of benzene rings is 1. The summed E-state index contributed by atoms with van der Waals surface area (Å²) in [5.41, 5.74) is 9.52. The average Bonchev–Trinajstić information content (AvgIpc) is 3.38. The van der Waals surface area contributed by atoms with Crippen LogP contribution >= 0.6 is 0 Å². The fourth-order valence-electron chi connectivity index (χ4n) is 13.5. The lowest BCUT2D eigenvalue weighted by Crippen LogP contribution is -2.74. The number of nitrogens with two attached hydrogens (primary N) is 1. The maximum Gasteiger partial charge on any atom is 0.335 e. The lowest BCUT2D eigenvalue weighted by atomic mass is 9.33. The summed E-state index contributed by atoms with van der Waals surface area (Å²) in [5.74, 6) is 2.93. The second-order valence-corrected chi connectivity index (χ2v) is 18.3. The quantitative estimate of drug-likeness (QED) is 0.288. The van der Waals surface area contributed by atoms with Gasteiger partial charge in [-0.25, -0.2) is 4.79 Å². The predicted octanol–water partition coefficient (Wildman–Crippen LogP) is 7.57. The van der Waals surface area contributed by atoms with Gasteiger partial charge in [0.2, 0.25) is 5.91 Å². The lowest BCUT2D eigenvalue weighted by molar-refractivity contribution is -0.212. The largest absolute Gasteiger partial charge is 0.478 e. The number of nitrogens with zero attached hydrogens (tertiary/aromatic N) is 1. The van der Waals surface area contributed by atoms with E-state index in [1.165, 1.54) is 31.2 Å². The van der Waals surface area contributed by atoms with Crippen LogP contribution in [0.1, 0.15) is 128 Å². The van der Waals surface area contributed by atoms with Crippen molar-refractivity contribution in [3.63, 3.8) is 0 Å². The molecular weight excluding hydrogens is 570 g/mol. The molecule has 5 saturated carbocycles. The topological polar surface area (TPSA) is 95.7 Å². The Balaban J connectivity index is 1.30. The van der Waals surface area contributed by atoms with E-state index < -0.39 is 5.97 Å². The van der Waals surface area contributed by atoms with Crippen LogP contribution in [0, 0.1) is 57.2 Å². The molecule has 6 heteroatoms. The third-order valence-corrected chi connectivity index (χ3v) is 15.7. The van der Waals surface area contributed by atoms with Crippen molar-refractivity contribution in [2.75, 3.05) is 27.2 Å². The van der Waals surface area contributed by atoms with Crippen LogP contribution in [-0.4, -0.2) is 54.6 Å². The summed E-state index contributed by atoms with van der Waals surface area (Å²) in [6.07, 6.45) is 11.1.